The molecule has 0 amide bonds. The Kier molecular flexibility index (Phi) is 3.01. The van der Waals surface area contributed by atoms with E-state index in [1.807, 2.05) is 13.8 Å². The van der Waals surface area contributed by atoms with Crippen molar-refractivity contribution in [1.82, 2.24) is 0 Å². The van der Waals surface area contributed by atoms with Crippen LogP contribution in [-0.2, 0) is 0 Å². The van der Waals surface area contributed by atoms with Crippen molar-refractivity contribution >= 4 is 19.3 Å². The molecule has 0 unspecified atom stereocenters. The normalized spacial score (nSPS) is 9.67. The largest absolute Gasteiger partial charge is 0.539 e. The zero-order valence-corrected chi connectivity index (χ0v) is 7.85. The predicted octanol–water partition coefficient (Wildman–Crippen LogP) is 1.59. The third kappa shape index (κ3) is 1.73. The van der Waals surface area contributed by atoms with Gasteiger partial charge in [0.25, 0.3) is 0 Å². The molecule has 0 saturated carbocycles. The van der Waals surface area contributed by atoms with Crippen LogP contribution in [0.15, 0.2) is 12.1 Å². The zero-order chi connectivity index (χ0) is 9.14. The first kappa shape index (κ1) is 9.42. The summed E-state index contributed by atoms with van der Waals surface area (Å²) < 4.78 is 4.97. The molecule has 1 aromatic carbocycles. The fourth-order valence-electron chi connectivity index (χ4n) is 0.989. The molecule has 0 saturated heterocycles. The Hall–Kier alpha value is -0.665. The van der Waals surface area contributed by atoms with E-state index in [9.17, 15) is 0 Å². The first-order chi connectivity index (χ1) is 5.66. The fourth-order valence-corrected chi connectivity index (χ4v) is 1.19. The number of hydrogen-bond acceptors (Lipinski definition) is 2. The molecule has 4 heteroatoms. The first-order valence-corrected chi connectivity index (χ1v) is 4.04. The van der Waals surface area contributed by atoms with Gasteiger partial charge in [-0.15, -0.1) is 0 Å². The Morgan fingerprint density at radius 2 is 2.00 bits per heavy atom. The molecule has 12 heavy (non-hydrogen) atoms. The molecule has 64 valence electrons. The highest BCUT2D eigenvalue weighted by molar-refractivity contribution is 6.31. The highest BCUT2D eigenvalue weighted by Crippen LogP contribution is 2.26. The van der Waals surface area contributed by atoms with Crippen LogP contribution < -0.4 is 4.65 Å². The van der Waals surface area contributed by atoms with Crippen molar-refractivity contribution < 1.29 is 9.68 Å². The molecule has 0 aliphatic carbocycles. The van der Waals surface area contributed by atoms with Crippen molar-refractivity contribution in [3.63, 3.8) is 0 Å². The maximum absolute atomic E-state index is 8.55. The minimum Gasteiger partial charge on any atom is -0.539 e. The summed E-state index contributed by atoms with van der Waals surface area (Å²) >= 11 is 5.87. The van der Waals surface area contributed by atoms with Crippen molar-refractivity contribution in [1.29, 1.82) is 0 Å². The molecular formula is C8H10BClO2. The lowest BCUT2D eigenvalue weighted by atomic mass is 10.1. The molecule has 1 rings (SSSR count). The van der Waals surface area contributed by atoms with Crippen molar-refractivity contribution in [2.75, 3.05) is 0 Å². The lowest BCUT2D eigenvalue weighted by Crippen LogP contribution is -2.02. The Labute approximate surface area is 77.4 Å². The summed E-state index contributed by atoms with van der Waals surface area (Å²) in [6.45, 7) is 3.83. The van der Waals surface area contributed by atoms with Crippen molar-refractivity contribution in [3.05, 3.63) is 28.3 Å². The van der Waals surface area contributed by atoms with E-state index in [0.717, 1.165) is 16.1 Å². The second kappa shape index (κ2) is 3.83. The fraction of sp³-hybridized carbons (Fsp3) is 0.250. The smallest absolute Gasteiger partial charge is 0.504 e. The van der Waals surface area contributed by atoms with Crippen LogP contribution in [0.4, 0.5) is 0 Å². The topological polar surface area (TPSA) is 29.5 Å². The summed E-state index contributed by atoms with van der Waals surface area (Å²) in [5.74, 6) is 0.680. The third-order valence-corrected chi connectivity index (χ3v) is 2.30. The van der Waals surface area contributed by atoms with E-state index in [0.29, 0.717) is 5.75 Å². The summed E-state index contributed by atoms with van der Waals surface area (Å²) in [5, 5.41) is 9.27. The van der Waals surface area contributed by atoms with Gasteiger partial charge >= 0.3 is 7.69 Å². The summed E-state index contributed by atoms with van der Waals surface area (Å²) in [6.07, 6.45) is 0. The van der Waals surface area contributed by atoms with Gasteiger partial charge in [-0.2, -0.15) is 0 Å². The molecule has 0 spiro atoms. The van der Waals surface area contributed by atoms with E-state index >= 15 is 0 Å². The Morgan fingerprint density at radius 3 is 2.58 bits per heavy atom. The molecule has 0 aromatic heterocycles. The molecule has 0 bridgehead atoms. The minimum absolute atomic E-state index is 0.304. The molecule has 0 atom stereocenters. The predicted molar refractivity (Wildman–Crippen MR) is 50.9 cm³/mol. The van der Waals surface area contributed by atoms with Crippen LogP contribution in [0.1, 0.15) is 11.1 Å². The first-order valence-electron chi connectivity index (χ1n) is 3.66. The Balaban J connectivity index is 3.08. The quantitative estimate of drug-likeness (QED) is 0.708. The van der Waals surface area contributed by atoms with E-state index in [4.69, 9.17) is 21.3 Å². The molecule has 0 aliphatic heterocycles. The third-order valence-electron chi connectivity index (χ3n) is 1.89. The number of hydrogen-bond donors (Lipinski definition) is 1. The van der Waals surface area contributed by atoms with Crippen LogP contribution in [0.25, 0.3) is 0 Å². The highest BCUT2D eigenvalue weighted by atomic mass is 35.5. The van der Waals surface area contributed by atoms with E-state index in [2.05, 4.69) is 0 Å². The maximum Gasteiger partial charge on any atom is 0.504 e. The summed E-state index contributed by atoms with van der Waals surface area (Å²) in [5.41, 5.74) is 1.96. The molecule has 0 aliphatic rings. The van der Waals surface area contributed by atoms with Gasteiger partial charge in [0.2, 0.25) is 0 Å². The van der Waals surface area contributed by atoms with Gasteiger partial charge in [-0.05, 0) is 37.1 Å². The summed E-state index contributed by atoms with van der Waals surface area (Å²) in [4.78, 5) is 0. The van der Waals surface area contributed by atoms with Gasteiger partial charge in [-0.1, -0.05) is 11.6 Å². The molecular weight excluding hydrogens is 174 g/mol. The van der Waals surface area contributed by atoms with Crippen LogP contribution in [0.2, 0.25) is 5.02 Å². The van der Waals surface area contributed by atoms with Crippen LogP contribution in [0.5, 0.6) is 5.75 Å². The Morgan fingerprint density at radius 1 is 1.33 bits per heavy atom. The van der Waals surface area contributed by atoms with E-state index in [-0.39, 0.29) is 7.69 Å². The summed E-state index contributed by atoms with van der Waals surface area (Å²) in [7, 11) is -0.304. The van der Waals surface area contributed by atoms with Crippen LogP contribution in [-0.4, -0.2) is 12.7 Å². The van der Waals surface area contributed by atoms with Gasteiger partial charge in [0, 0.05) is 5.02 Å². The van der Waals surface area contributed by atoms with Crippen molar-refractivity contribution in [3.8, 4) is 5.75 Å². The minimum atomic E-state index is -0.304. The molecule has 1 N–H and O–H groups in total. The SMILES string of the molecule is Cc1c(Cl)ccc(OBO)c1C. The monoisotopic (exact) mass is 184 g/mol. The van der Waals surface area contributed by atoms with Gasteiger partial charge in [-0.3, -0.25) is 0 Å². The summed E-state index contributed by atoms with van der Waals surface area (Å²) in [6, 6.07) is 3.51. The van der Waals surface area contributed by atoms with E-state index in [1.54, 1.807) is 12.1 Å². The van der Waals surface area contributed by atoms with Gasteiger partial charge in [0.05, 0.1) is 0 Å². The standard InChI is InChI=1S/C8H10BClO2/c1-5-6(2)8(12-9-11)4-3-7(5)10/h3-4,9,11H,1-2H3. The van der Waals surface area contributed by atoms with Gasteiger partial charge in [0.15, 0.2) is 0 Å². The second-order valence-electron chi connectivity index (χ2n) is 2.57. The number of benzene rings is 1. The van der Waals surface area contributed by atoms with Gasteiger partial charge in [0.1, 0.15) is 5.75 Å². The molecule has 2 nitrogen and oxygen atoms in total. The molecule has 0 heterocycles. The molecule has 0 radical (unpaired) electrons. The van der Waals surface area contributed by atoms with Gasteiger partial charge in [-0.25, -0.2) is 0 Å². The van der Waals surface area contributed by atoms with E-state index in [1.165, 1.54) is 0 Å². The van der Waals surface area contributed by atoms with Crippen LogP contribution in [0.3, 0.4) is 0 Å². The molecule has 1 aromatic rings. The number of halogens is 1. The lowest BCUT2D eigenvalue weighted by molar-refractivity contribution is 0.451. The van der Waals surface area contributed by atoms with Crippen molar-refractivity contribution in [2.45, 2.75) is 13.8 Å². The van der Waals surface area contributed by atoms with Crippen LogP contribution in [0, 0.1) is 13.8 Å². The second-order valence-corrected chi connectivity index (χ2v) is 2.98. The number of rotatable bonds is 2. The van der Waals surface area contributed by atoms with Crippen LogP contribution >= 0.6 is 11.6 Å². The zero-order valence-electron chi connectivity index (χ0n) is 7.10. The Bertz CT molecular complexity index is 289. The average Bonchev–Trinajstić information content (AvgIpc) is 2.07. The molecule has 0 fully saturated rings. The van der Waals surface area contributed by atoms with Crippen molar-refractivity contribution in [2.24, 2.45) is 0 Å². The van der Waals surface area contributed by atoms with Gasteiger partial charge < -0.3 is 9.68 Å². The lowest BCUT2D eigenvalue weighted by Gasteiger charge is -2.09. The maximum atomic E-state index is 8.55. The average molecular weight is 184 g/mol. The highest BCUT2D eigenvalue weighted by Gasteiger charge is 2.04. The van der Waals surface area contributed by atoms with E-state index < -0.39 is 0 Å².